The SMILES string of the molecule is C[C@@H](N)CC(C)(C)C.O=C(O)C(F)(F)F. The van der Waals surface area contributed by atoms with Crippen LogP contribution in [0.25, 0.3) is 0 Å². The van der Waals surface area contributed by atoms with Gasteiger partial charge in [-0.05, 0) is 18.8 Å². The Kier molecular flexibility index (Phi) is 6.60. The number of carboxylic acid groups (broad SMARTS) is 1. The van der Waals surface area contributed by atoms with Crippen LogP contribution in [0.3, 0.4) is 0 Å². The Labute approximate surface area is 87.5 Å². The van der Waals surface area contributed by atoms with Crippen molar-refractivity contribution in [2.75, 3.05) is 0 Å². The van der Waals surface area contributed by atoms with Gasteiger partial charge in [0.15, 0.2) is 0 Å². The fourth-order valence-electron chi connectivity index (χ4n) is 0.966. The van der Waals surface area contributed by atoms with Gasteiger partial charge < -0.3 is 10.8 Å². The van der Waals surface area contributed by atoms with Crippen molar-refractivity contribution in [1.82, 2.24) is 0 Å². The summed E-state index contributed by atoms with van der Waals surface area (Å²) in [5.41, 5.74) is 5.98. The van der Waals surface area contributed by atoms with Crippen molar-refractivity contribution in [3.05, 3.63) is 0 Å². The van der Waals surface area contributed by atoms with E-state index in [9.17, 15) is 13.2 Å². The number of carbonyl (C=O) groups is 1. The molecule has 15 heavy (non-hydrogen) atoms. The molecular formula is C9H18F3NO2. The molecule has 1 atom stereocenters. The Morgan fingerprint density at radius 2 is 1.60 bits per heavy atom. The summed E-state index contributed by atoms with van der Waals surface area (Å²) < 4.78 is 31.7. The Bertz CT molecular complexity index is 195. The largest absolute Gasteiger partial charge is 0.490 e. The maximum absolute atomic E-state index is 10.6. The molecule has 0 saturated carbocycles. The first-order chi connectivity index (χ1) is 6.36. The highest BCUT2D eigenvalue weighted by molar-refractivity contribution is 5.73. The minimum atomic E-state index is -5.08. The Morgan fingerprint density at radius 3 is 1.60 bits per heavy atom. The van der Waals surface area contributed by atoms with Crippen molar-refractivity contribution < 1.29 is 23.1 Å². The first kappa shape index (κ1) is 16.6. The molecule has 0 aromatic rings. The lowest BCUT2D eigenvalue weighted by molar-refractivity contribution is -0.192. The second-order valence-electron chi connectivity index (χ2n) is 4.54. The number of alkyl halides is 3. The van der Waals surface area contributed by atoms with Crippen LogP contribution in [0.2, 0.25) is 0 Å². The molecule has 6 heteroatoms. The average Bonchev–Trinajstić information content (AvgIpc) is 1.78. The Balaban J connectivity index is 0. The number of nitrogens with two attached hydrogens (primary N) is 1. The summed E-state index contributed by atoms with van der Waals surface area (Å²) in [6.45, 7) is 8.66. The summed E-state index contributed by atoms with van der Waals surface area (Å²) in [5.74, 6) is -2.76. The van der Waals surface area contributed by atoms with E-state index < -0.39 is 12.1 Å². The summed E-state index contributed by atoms with van der Waals surface area (Å²) in [5, 5.41) is 7.12. The quantitative estimate of drug-likeness (QED) is 0.725. The van der Waals surface area contributed by atoms with Crippen LogP contribution in [0.5, 0.6) is 0 Å². The third-order valence-electron chi connectivity index (χ3n) is 1.18. The molecule has 0 aliphatic heterocycles. The van der Waals surface area contributed by atoms with Gasteiger partial charge >= 0.3 is 12.1 Å². The molecule has 3 nitrogen and oxygen atoms in total. The van der Waals surface area contributed by atoms with E-state index in [1.807, 2.05) is 6.92 Å². The van der Waals surface area contributed by atoms with Gasteiger partial charge in [0.25, 0.3) is 0 Å². The minimum absolute atomic E-state index is 0.343. The van der Waals surface area contributed by atoms with Gasteiger partial charge in [0.05, 0.1) is 0 Å². The van der Waals surface area contributed by atoms with E-state index in [1.54, 1.807) is 0 Å². The lowest BCUT2D eigenvalue weighted by Crippen LogP contribution is -2.22. The Hall–Kier alpha value is -0.780. The molecule has 0 spiro atoms. The standard InChI is InChI=1S/C7H17N.C2HF3O2/c1-6(8)5-7(2,3)4;3-2(4,5)1(6)7/h6H,5,8H2,1-4H3;(H,6,7)/t6-;/m1./s1. The molecule has 0 radical (unpaired) electrons. The number of hydrogen-bond acceptors (Lipinski definition) is 2. The molecule has 0 amide bonds. The fourth-order valence-corrected chi connectivity index (χ4v) is 0.966. The highest BCUT2D eigenvalue weighted by atomic mass is 19.4. The summed E-state index contributed by atoms with van der Waals surface area (Å²) in [7, 11) is 0. The summed E-state index contributed by atoms with van der Waals surface area (Å²) in [6, 6.07) is 0.343. The second-order valence-corrected chi connectivity index (χ2v) is 4.54. The van der Waals surface area contributed by atoms with E-state index in [0.717, 1.165) is 6.42 Å². The molecule has 0 heterocycles. The summed E-state index contributed by atoms with van der Waals surface area (Å²) in [4.78, 5) is 8.90. The predicted molar refractivity (Wildman–Crippen MR) is 51.4 cm³/mol. The number of halogens is 3. The first-order valence-corrected chi connectivity index (χ1v) is 4.42. The van der Waals surface area contributed by atoms with E-state index in [4.69, 9.17) is 15.6 Å². The van der Waals surface area contributed by atoms with E-state index in [1.165, 1.54) is 0 Å². The maximum Gasteiger partial charge on any atom is 0.490 e. The zero-order chi connectivity index (χ0) is 12.9. The normalized spacial score (nSPS) is 13.9. The zero-order valence-corrected chi connectivity index (χ0v) is 9.35. The van der Waals surface area contributed by atoms with E-state index >= 15 is 0 Å². The number of carboxylic acids is 1. The van der Waals surface area contributed by atoms with Gasteiger partial charge in [-0.25, -0.2) is 4.79 Å². The molecule has 92 valence electrons. The lowest BCUT2D eigenvalue weighted by Gasteiger charge is -2.19. The second kappa shape index (κ2) is 5.95. The third kappa shape index (κ3) is 15.9. The van der Waals surface area contributed by atoms with Crippen LogP contribution >= 0.6 is 0 Å². The summed E-state index contributed by atoms with van der Waals surface area (Å²) in [6.07, 6.45) is -3.98. The maximum atomic E-state index is 10.6. The molecule has 0 aromatic heterocycles. The van der Waals surface area contributed by atoms with Crippen LogP contribution < -0.4 is 5.73 Å². The first-order valence-electron chi connectivity index (χ1n) is 4.42. The minimum Gasteiger partial charge on any atom is -0.475 e. The number of aliphatic carboxylic acids is 1. The Morgan fingerprint density at radius 1 is 1.33 bits per heavy atom. The molecule has 0 rings (SSSR count). The van der Waals surface area contributed by atoms with Crippen molar-refractivity contribution >= 4 is 5.97 Å². The highest BCUT2D eigenvalue weighted by Crippen LogP contribution is 2.19. The number of rotatable bonds is 1. The highest BCUT2D eigenvalue weighted by Gasteiger charge is 2.38. The van der Waals surface area contributed by atoms with Crippen LogP contribution in [0.4, 0.5) is 13.2 Å². The number of hydrogen-bond donors (Lipinski definition) is 2. The average molecular weight is 229 g/mol. The molecule has 0 aliphatic rings. The smallest absolute Gasteiger partial charge is 0.475 e. The van der Waals surface area contributed by atoms with Gasteiger partial charge in [0, 0.05) is 6.04 Å². The van der Waals surface area contributed by atoms with Gasteiger partial charge in [0.1, 0.15) is 0 Å². The third-order valence-corrected chi connectivity index (χ3v) is 1.18. The van der Waals surface area contributed by atoms with E-state index in [-0.39, 0.29) is 0 Å². The summed E-state index contributed by atoms with van der Waals surface area (Å²) >= 11 is 0. The van der Waals surface area contributed by atoms with Gasteiger partial charge in [0.2, 0.25) is 0 Å². The predicted octanol–water partition coefficient (Wildman–Crippen LogP) is 2.40. The van der Waals surface area contributed by atoms with Crippen molar-refractivity contribution in [1.29, 1.82) is 0 Å². The van der Waals surface area contributed by atoms with Crippen LogP contribution in [0, 0.1) is 5.41 Å². The van der Waals surface area contributed by atoms with Crippen LogP contribution in [-0.2, 0) is 4.79 Å². The van der Waals surface area contributed by atoms with Crippen molar-refractivity contribution in [2.24, 2.45) is 11.1 Å². The van der Waals surface area contributed by atoms with Gasteiger partial charge in [-0.1, -0.05) is 20.8 Å². The molecule has 0 unspecified atom stereocenters. The monoisotopic (exact) mass is 229 g/mol. The van der Waals surface area contributed by atoms with Gasteiger partial charge in [-0.15, -0.1) is 0 Å². The van der Waals surface area contributed by atoms with Crippen LogP contribution in [-0.4, -0.2) is 23.3 Å². The lowest BCUT2D eigenvalue weighted by atomic mass is 9.89. The van der Waals surface area contributed by atoms with Crippen LogP contribution in [0.15, 0.2) is 0 Å². The fraction of sp³-hybridized carbons (Fsp3) is 0.889. The molecule has 3 N–H and O–H groups in total. The van der Waals surface area contributed by atoms with Gasteiger partial charge in [-0.3, -0.25) is 0 Å². The van der Waals surface area contributed by atoms with E-state index in [0.29, 0.717) is 11.5 Å². The van der Waals surface area contributed by atoms with Gasteiger partial charge in [-0.2, -0.15) is 13.2 Å². The molecular weight excluding hydrogens is 211 g/mol. The van der Waals surface area contributed by atoms with Crippen LogP contribution in [0.1, 0.15) is 34.1 Å². The topological polar surface area (TPSA) is 63.3 Å². The van der Waals surface area contributed by atoms with Crippen molar-refractivity contribution in [2.45, 2.75) is 46.3 Å². The van der Waals surface area contributed by atoms with E-state index in [2.05, 4.69) is 20.8 Å². The molecule has 0 aliphatic carbocycles. The van der Waals surface area contributed by atoms with Crippen molar-refractivity contribution in [3.63, 3.8) is 0 Å². The van der Waals surface area contributed by atoms with Crippen molar-refractivity contribution in [3.8, 4) is 0 Å². The molecule has 0 bridgehead atoms. The zero-order valence-electron chi connectivity index (χ0n) is 9.35. The molecule has 0 fully saturated rings. The molecule has 0 saturated heterocycles. The molecule has 0 aromatic carbocycles.